The predicted octanol–water partition coefficient (Wildman–Crippen LogP) is 5.71. The van der Waals surface area contributed by atoms with Gasteiger partial charge in [0.1, 0.15) is 17.6 Å². The first kappa shape index (κ1) is 36.3. The van der Waals surface area contributed by atoms with Crippen LogP contribution >= 0.6 is 0 Å². The van der Waals surface area contributed by atoms with E-state index in [-0.39, 0.29) is 31.6 Å². The number of ether oxygens (including phenoxy) is 2. The molecular formula is C40H53N3O6. The number of carbonyl (C=O) groups excluding carboxylic acids is 3. The van der Waals surface area contributed by atoms with Crippen LogP contribution in [0.25, 0.3) is 0 Å². The van der Waals surface area contributed by atoms with E-state index in [9.17, 15) is 14.7 Å². The van der Waals surface area contributed by atoms with Crippen LogP contribution in [0.3, 0.4) is 0 Å². The van der Waals surface area contributed by atoms with Crippen molar-refractivity contribution in [3.05, 3.63) is 85.5 Å². The Balaban J connectivity index is 1.57. The molecule has 9 heteroatoms. The number of esters is 1. The number of hydrogen-bond acceptors (Lipinski definition) is 7. The molecule has 3 aliphatic rings. The van der Waals surface area contributed by atoms with Crippen molar-refractivity contribution in [1.82, 2.24) is 4.90 Å². The number of aliphatic hydroxyl groups is 1. The molecule has 49 heavy (non-hydrogen) atoms. The molecule has 3 heterocycles. The van der Waals surface area contributed by atoms with E-state index in [1.807, 2.05) is 67.6 Å². The Morgan fingerprint density at radius 2 is 1.71 bits per heavy atom. The summed E-state index contributed by atoms with van der Waals surface area (Å²) in [5.74, 6) is -2.87. The number of rotatable bonds is 18. The molecule has 3 aliphatic heterocycles. The van der Waals surface area contributed by atoms with Gasteiger partial charge in [-0.15, -0.1) is 13.2 Å². The van der Waals surface area contributed by atoms with Crippen molar-refractivity contribution in [3.8, 4) is 0 Å². The zero-order valence-electron chi connectivity index (χ0n) is 29.4. The minimum absolute atomic E-state index is 0.209. The standard InChI is InChI=1S/C40H53N3O6/c1-6-11-12-16-26-48-38(47)34-33-36(45)43(32(28-44)27-29-17-14-13-15-18-29)35(40(33)24-23-39(34,8-3)49-40)37(46)42(25-7-2)31-21-19-30(20-22-31)41(9-4)10-5/h6-7,13-15,17-22,32-35,44H,1-2,8-12,16,23-28H2,3-5H3/t32-,33+,34-,35?,39+,40?/m1/s1. The molecule has 2 bridgehead atoms. The number of nitrogens with zero attached hydrogens (tertiary/aromatic N) is 3. The molecule has 2 aromatic rings. The van der Waals surface area contributed by atoms with Gasteiger partial charge in [0.2, 0.25) is 5.91 Å². The molecule has 0 aromatic heterocycles. The number of hydrogen-bond donors (Lipinski definition) is 1. The average molecular weight is 672 g/mol. The highest BCUT2D eigenvalue weighted by atomic mass is 16.6. The van der Waals surface area contributed by atoms with Crippen LogP contribution in [-0.2, 0) is 30.3 Å². The van der Waals surface area contributed by atoms with E-state index in [0.717, 1.165) is 37.2 Å². The fraction of sp³-hybridized carbons (Fsp3) is 0.525. The quantitative estimate of drug-likeness (QED) is 0.123. The number of fused-ring (bicyclic) bond motifs is 1. The normalized spacial score (nSPS) is 25.9. The molecule has 1 spiro atoms. The Kier molecular flexibility index (Phi) is 11.7. The second-order valence-corrected chi connectivity index (χ2v) is 13.5. The number of amides is 2. The first-order chi connectivity index (χ1) is 23.7. The van der Waals surface area contributed by atoms with E-state index in [4.69, 9.17) is 9.47 Å². The summed E-state index contributed by atoms with van der Waals surface area (Å²) in [6.45, 7) is 15.7. The van der Waals surface area contributed by atoms with Crippen LogP contribution < -0.4 is 9.80 Å². The highest BCUT2D eigenvalue weighted by Gasteiger charge is 2.79. The van der Waals surface area contributed by atoms with Gasteiger partial charge in [-0.05, 0) is 88.6 Å². The Hall–Kier alpha value is -3.95. The zero-order valence-corrected chi connectivity index (χ0v) is 29.4. The lowest BCUT2D eigenvalue weighted by Crippen LogP contribution is -2.59. The van der Waals surface area contributed by atoms with Crippen LogP contribution in [0.5, 0.6) is 0 Å². The number of allylic oxidation sites excluding steroid dienone is 1. The minimum atomic E-state index is -1.25. The SMILES string of the molecule is C=CCCCCOC(=O)[C@H]1[C@H]2C(=O)N([C@@H](CO)Cc3ccccc3)C(C(=O)N(CC=C)c3ccc(N(CC)CC)cc3)C23CC[C@]1(CC)O3. The molecule has 264 valence electrons. The Morgan fingerprint density at radius 3 is 2.33 bits per heavy atom. The summed E-state index contributed by atoms with van der Waals surface area (Å²) in [5.41, 5.74) is 0.487. The Labute approximate surface area is 291 Å². The third-order valence-corrected chi connectivity index (χ3v) is 10.9. The maximum absolute atomic E-state index is 15.2. The van der Waals surface area contributed by atoms with Crippen molar-refractivity contribution in [2.24, 2.45) is 11.8 Å². The fourth-order valence-electron chi connectivity index (χ4n) is 8.51. The van der Waals surface area contributed by atoms with Crippen LogP contribution in [0, 0.1) is 11.8 Å². The summed E-state index contributed by atoms with van der Waals surface area (Å²) in [6, 6.07) is 15.7. The number of anilines is 2. The lowest BCUT2D eigenvalue weighted by molar-refractivity contribution is -0.162. The topological polar surface area (TPSA) is 99.6 Å². The zero-order chi connectivity index (χ0) is 35.2. The van der Waals surface area contributed by atoms with Gasteiger partial charge < -0.3 is 29.3 Å². The van der Waals surface area contributed by atoms with Crippen LogP contribution in [0.4, 0.5) is 11.4 Å². The van der Waals surface area contributed by atoms with E-state index in [1.165, 1.54) is 0 Å². The van der Waals surface area contributed by atoms with Crippen molar-refractivity contribution in [2.75, 3.05) is 42.6 Å². The molecular weight excluding hydrogens is 618 g/mol. The van der Waals surface area contributed by atoms with Crippen LogP contribution in [0.15, 0.2) is 79.9 Å². The summed E-state index contributed by atoms with van der Waals surface area (Å²) in [7, 11) is 0. The molecule has 3 fully saturated rings. The van der Waals surface area contributed by atoms with E-state index < -0.39 is 41.1 Å². The van der Waals surface area contributed by atoms with Gasteiger partial charge in [0.05, 0.1) is 30.8 Å². The van der Waals surface area contributed by atoms with Crippen molar-refractivity contribution < 1.29 is 29.0 Å². The molecule has 0 saturated carbocycles. The maximum atomic E-state index is 15.2. The lowest BCUT2D eigenvalue weighted by Gasteiger charge is -2.39. The van der Waals surface area contributed by atoms with E-state index in [2.05, 4.69) is 31.9 Å². The molecule has 9 nitrogen and oxygen atoms in total. The lowest BCUT2D eigenvalue weighted by atomic mass is 9.65. The van der Waals surface area contributed by atoms with Crippen molar-refractivity contribution in [1.29, 1.82) is 0 Å². The highest BCUT2D eigenvalue weighted by molar-refractivity contribution is 6.05. The number of likely N-dealkylation sites (tertiary alicyclic amines) is 1. The summed E-state index contributed by atoms with van der Waals surface area (Å²) >= 11 is 0. The summed E-state index contributed by atoms with van der Waals surface area (Å²) in [5, 5.41) is 10.9. The largest absolute Gasteiger partial charge is 0.465 e. The summed E-state index contributed by atoms with van der Waals surface area (Å²) < 4.78 is 12.8. The number of unbranched alkanes of at least 4 members (excludes halogenated alkanes) is 2. The molecule has 3 saturated heterocycles. The van der Waals surface area contributed by atoms with Gasteiger partial charge in [0.15, 0.2) is 0 Å². The first-order valence-corrected chi connectivity index (χ1v) is 18.0. The van der Waals surface area contributed by atoms with E-state index in [0.29, 0.717) is 37.8 Å². The molecule has 2 unspecified atom stereocenters. The van der Waals surface area contributed by atoms with Gasteiger partial charge in [-0.1, -0.05) is 49.4 Å². The predicted molar refractivity (Wildman–Crippen MR) is 192 cm³/mol. The van der Waals surface area contributed by atoms with Gasteiger partial charge in [0, 0.05) is 31.0 Å². The average Bonchev–Trinajstić information content (AvgIpc) is 3.74. The second-order valence-electron chi connectivity index (χ2n) is 13.5. The number of aliphatic hydroxyl groups excluding tert-OH is 1. The van der Waals surface area contributed by atoms with Gasteiger partial charge in [-0.25, -0.2) is 0 Å². The van der Waals surface area contributed by atoms with Crippen molar-refractivity contribution in [2.45, 2.75) is 89.0 Å². The molecule has 2 amide bonds. The fourth-order valence-corrected chi connectivity index (χ4v) is 8.51. The van der Waals surface area contributed by atoms with Crippen molar-refractivity contribution in [3.63, 3.8) is 0 Å². The summed E-state index contributed by atoms with van der Waals surface area (Å²) in [6.07, 6.45) is 7.70. The molecule has 1 N–H and O–H groups in total. The molecule has 2 aromatic carbocycles. The summed E-state index contributed by atoms with van der Waals surface area (Å²) in [4.78, 5) is 49.4. The maximum Gasteiger partial charge on any atom is 0.312 e. The molecule has 6 atom stereocenters. The smallest absolute Gasteiger partial charge is 0.312 e. The van der Waals surface area contributed by atoms with E-state index in [1.54, 1.807) is 15.9 Å². The van der Waals surface area contributed by atoms with Crippen LogP contribution in [0.2, 0.25) is 0 Å². The Bertz CT molecular complexity index is 1480. The second kappa shape index (κ2) is 15.7. The first-order valence-electron chi connectivity index (χ1n) is 18.0. The highest BCUT2D eigenvalue weighted by Crippen LogP contribution is 2.65. The molecule has 5 rings (SSSR count). The van der Waals surface area contributed by atoms with Gasteiger partial charge in [-0.3, -0.25) is 14.4 Å². The molecule has 0 aliphatic carbocycles. The monoisotopic (exact) mass is 671 g/mol. The van der Waals surface area contributed by atoms with Crippen LogP contribution in [-0.4, -0.2) is 83.9 Å². The minimum Gasteiger partial charge on any atom is -0.465 e. The van der Waals surface area contributed by atoms with Crippen molar-refractivity contribution >= 4 is 29.2 Å². The number of benzene rings is 2. The van der Waals surface area contributed by atoms with Gasteiger partial charge in [0.25, 0.3) is 5.91 Å². The van der Waals surface area contributed by atoms with Crippen LogP contribution in [0.1, 0.15) is 64.9 Å². The Morgan fingerprint density at radius 1 is 1.02 bits per heavy atom. The van der Waals surface area contributed by atoms with Gasteiger partial charge in [-0.2, -0.15) is 0 Å². The van der Waals surface area contributed by atoms with E-state index >= 15 is 4.79 Å². The van der Waals surface area contributed by atoms with Gasteiger partial charge >= 0.3 is 5.97 Å². The number of carbonyl (C=O) groups is 3. The third-order valence-electron chi connectivity index (χ3n) is 10.9. The molecule has 0 radical (unpaired) electrons. The third kappa shape index (κ3) is 6.67.